The minimum absolute atomic E-state index is 0.297. The molecule has 19 heavy (non-hydrogen) atoms. The van der Waals surface area contributed by atoms with E-state index in [-0.39, 0.29) is 0 Å². The Kier molecular flexibility index (Phi) is 4.17. The molecule has 2 heterocycles. The summed E-state index contributed by atoms with van der Waals surface area (Å²) in [5.41, 5.74) is 1.26. The van der Waals surface area contributed by atoms with Gasteiger partial charge in [0.1, 0.15) is 0 Å². The first-order valence-electron chi connectivity index (χ1n) is 6.83. The highest BCUT2D eigenvalue weighted by molar-refractivity contribution is 5.44. The summed E-state index contributed by atoms with van der Waals surface area (Å²) in [6, 6.07) is 6.13. The number of ether oxygens (including phenoxy) is 3. The van der Waals surface area contributed by atoms with E-state index in [1.54, 1.807) is 0 Å². The molecule has 2 aliphatic rings. The highest BCUT2D eigenvalue weighted by atomic mass is 16.7. The van der Waals surface area contributed by atoms with Gasteiger partial charge in [-0.15, -0.1) is 0 Å². The fourth-order valence-electron chi connectivity index (χ4n) is 2.34. The van der Waals surface area contributed by atoms with Crippen molar-refractivity contribution in [3.05, 3.63) is 23.8 Å². The van der Waals surface area contributed by atoms with Crippen LogP contribution in [0, 0.1) is 0 Å². The molecule has 1 aromatic rings. The smallest absolute Gasteiger partial charge is 0.231 e. The van der Waals surface area contributed by atoms with Crippen molar-refractivity contribution in [1.82, 2.24) is 10.6 Å². The first kappa shape index (κ1) is 12.7. The van der Waals surface area contributed by atoms with Crippen LogP contribution in [-0.2, 0) is 11.2 Å². The Morgan fingerprint density at radius 3 is 3.11 bits per heavy atom. The maximum Gasteiger partial charge on any atom is 0.231 e. The molecule has 1 saturated heterocycles. The molecule has 5 nitrogen and oxygen atoms in total. The van der Waals surface area contributed by atoms with Crippen LogP contribution in [0.2, 0.25) is 0 Å². The van der Waals surface area contributed by atoms with Gasteiger partial charge in [-0.25, -0.2) is 0 Å². The average molecular weight is 264 g/mol. The fourth-order valence-corrected chi connectivity index (χ4v) is 2.34. The molecule has 5 heteroatoms. The highest BCUT2D eigenvalue weighted by Crippen LogP contribution is 2.32. The summed E-state index contributed by atoms with van der Waals surface area (Å²) in [6.07, 6.45) is 1.28. The predicted molar refractivity (Wildman–Crippen MR) is 71.7 cm³/mol. The number of nitrogens with one attached hydrogen (secondary N) is 2. The van der Waals surface area contributed by atoms with E-state index in [1.165, 1.54) is 5.56 Å². The molecule has 1 aromatic carbocycles. The van der Waals surface area contributed by atoms with Gasteiger partial charge in [-0.05, 0) is 30.7 Å². The zero-order valence-electron chi connectivity index (χ0n) is 11.0. The number of hydrogen-bond donors (Lipinski definition) is 2. The molecule has 1 atom stereocenters. The molecule has 0 saturated carbocycles. The van der Waals surface area contributed by atoms with E-state index in [4.69, 9.17) is 14.2 Å². The van der Waals surface area contributed by atoms with Crippen LogP contribution in [0.1, 0.15) is 5.56 Å². The molecule has 0 amide bonds. The molecule has 0 radical (unpaired) electrons. The third kappa shape index (κ3) is 3.37. The second-order valence-electron chi connectivity index (χ2n) is 4.84. The topological polar surface area (TPSA) is 51.8 Å². The molecular formula is C14H20N2O3. The Balaban J connectivity index is 1.40. The number of fused-ring (bicyclic) bond motifs is 1. The second kappa shape index (κ2) is 6.23. The zero-order chi connectivity index (χ0) is 12.9. The van der Waals surface area contributed by atoms with Crippen LogP contribution in [0.3, 0.4) is 0 Å². The molecule has 1 unspecified atom stereocenters. The van der Waals surface area contributed by atoms with Crippen LogP contribution >= 0.6 is 0 Å². The number of benzene rings is 1. The molecule has 0 spiro atoms. The summed E-state index contributed by atoms with van der Waals surface area (Å²) in [6.45, 7) is 4.90. The Labute approximate surface area is 113 Å². The van der Waals surface area contributed by atoms with Gasteiger partial charge in [0, 0.05) is 19.6 Å². The molecular weight excluding hydrogens is 244 g/mol. The van der Waals surface area contributed by atoms with Gasteiger partial charge in [0.25, 0.3) is 0 Å². The largest absolute Gasteiger partial charge is 0.454 e. The molecule has 2 aliphatic heterocycles. The van der Waals surface area contributed by atoms with Gasteiger partial charge < -0.3 is 24.8 Å². The average Bonchev–Trinajstić information content (AvgIpc) is 2.92. The van der Waals surface area contributed by atoms with Crippen LogP contribution in [0.5, 0.6) is 11.5 Å². The minimum Gasteiger partial charge on any atom is -0.454 e. The van der Waals surface area contributed by atoms with Crippen LogP contribution in [-0.4, -0.2) is 45.7 Å². The van der Waals surface area contributed by atoms with Crippen LogP contribution < -0.4 is 20.1 Å². The van der Waals surface area contributed by atoms with E-state index in [0.717, 1.165) is 50.7 Å². The zero-order valence-corrected chi connectivity index (χ0v) is 11.0. The second-order valence-corrected chi connectivity index (χ2v) is 4.84. The lowest BCUT2D eigenvalue weighted by Gasteiger charge is -2.23. The molecule has 2 N–H and O–H groups in total. The third-order valence-electron chi connectivity index (χ3n) is 3.40. The quantitative estimate of drug-likeness (QED) is 0.760. The summed E-state index contributed by atoms with van der Waals surface area (Å²) in [5.74, 6) is 1.70. The van der Waals surface area contributed by atoms with Crippen molar-refractivity contribution in [2.24, 2.45) is 0 Å². The monoisotopic (exact) mass is 264 g/mol. The summed E-state index contributed by atoms with van der Waals surface area (Å²) in [4.78, 5) is 0. The standard InChI is InChI=1S/C14H20N2O3/c1-2-13-14(19-10-18-13)7-11(1)3-4-15-8-12-9-16-5-6-17-12/h1-2,7,12,15-16H,3-6,8-10H2. The lowest BCUT2D eigenvalue weighted by Crippen LogP contribution is -2.44. The molecule has 0 aliphatic carbocycles. The third-order valence-corrected chi connectivity index (χ3v) is 3.40. The Bertz CT molecular complexity index is 419. The van der Waals surface area contributed by atoms with E-state index in [1.807, 2.05) is 6.07 Å². The fraction of sp³-hybridized carbons (Fsp3) is 0.571. The minimum atomic E-state index is 0.297. The van der Waals surface area contributed by atoms with Crippen molar-refractivity contribution >= 4 is 0 Å². The Hall–Kier alpha value is -1.30. The highest BCUT2D eigenvalue weighted by Gasteiger charge is 2.14. The maximum absolute atomic E-state index is 5.63. The van der Waals surface area contributed by atoms with Crippen molar-refractivity contribution in [2.75, 3.05) is 39.6 Å². The van der Waals surface area contributed by atoms with Crippen LogP contribution in [0.15, 0.2) is 18.2 Å². The Morgan fingerprint density at radius 2 is 2.21 bits per heavy atom. The molecule has 0 bridgehead atoms. The van der Waals surface area contributed by atoms with Crippen LogP contribution in [0.25, 0.3) is 0 Å². The van der Waals surface area contributed by atoms with Crippen LogP contribution in [0.4, 0.5) is 0 Å². The van der Waals surface area contributed by atoms with Crippen molar-refractivity contribution in [3.8, 4) is 11.5 Å². The Morgan fingerprint density at radius 1 is 1.26 bits per heavy atom. The van der Waals surface area contributed by atoms with Crippen molar-refractivity contribution < 1.29 is 14.2 Å². The normalized spacial score (nSPS) is 21.6. The molecule has 3 rings (SSSR count). The van der Waals surface area contributed by atoms with E-state index in [2.05, 4.69) is 22.8 Å². The first-order valence-corrected chi connectivity index (χ1v) is 6.83. The van der Waals surface area contributed by atoms with E-state index < -0.39 is 0 Å². The van der Waals surface area contributed by atoms with Crippen molar-refractivity contribution in [2.45, 2.75) is 12.5 Å². The van der Waals surface area contributed by atoms with E-state index in [0.29, 0.717) is 12.9 Å². The van der Waals surface area contributed by atoms with E-state index in [9.17, 15) is 0 Å². The summed E-state index contributed by atoms with van der Waals surface area (Å²) >= 11 is 0. The first-order chi connectivity index (χ1) is 9.42. The maximum atomic E-state index is 5.63. The number of hydrogen-bond acceptors (Lipinski definition) is 5. The number of rotatable bonds is 5. The van der Waals surface area contributed by atoms with Gasteiger partial charge in [0.15, 0.2) is 11.5 Å². The lowest BCUT2D eigenvalue weighted by molar-refractivity contribution is 0.0294. The molecule has 104 valence electrons. The van der Waals surface area contributed by atoms with Gasteiger partial charge in [-0.1, -0.05) is 6.07 Å². The van der Waals surface area contributed by atoms with Gasteiger partial charge in [-0.3, -0.25) is 0 Å². The van der Waals surface area contributed by atoms with Gasteiger partial charge >= 0.3 is 0 Å². The van der Waals surface area contributed by atoms with Gasteiger partial charge in [0.2, 0.25) is 6.79 Å². The van der Waals surface area contributed by atoms with Gasteiger partial charge in [0.05, 0.1) is 12.7 Å². The molecule has 0 aromatic heterocycles. The predicted octanol–water partition coefficient (Wildman–Crippen LogP) is 0.536. The lowest BCUT2D eigenvalue weighted by atomic mass is 10.1. The summed E-state index contributed by atoms with van der Waals surface area (Å²) in [5, 5.41) is 6.76. The summed E-state index contributed by atoms with van der Waals surface area (Å²) < 4.78 is 16.3. The van der Waals surface area contributed by atoms with Gasteiger partial charge in [-0.2, -0.15) is 0 Å². The summed E-state index contributed by atoms with van der Waals surface area (Å²) in [7, 11) is 0. The van der Waals surface area contributed by atoms with E-state index >= 15 is 0 Å². The number of morpholine rings is 1. The van der Waals surface area contributed by atoms with Crippen molar-refractivity contribution in [1.29, 1.82) is 0 Å². The molecule has 1 fully saturated rings. The SMILES string of the molecule is c1cc2c(cc1CCNCC1CNCCO1)OCO2. The van der Waals surface area contributed by atoms with Crippen molar-refractivity contribution in [3.63, 3.8) is 0 Å².